The molecule has 7 nitrogen and oxygen atoms in total. The van der Waals surface area contributed by atoms with Crippen LogP contribution in [0.15, 0.2) is 47.4 Å². The summed E-state index contributed by atoms with van der Waals surface area (Å²) in [5.74, 6) is 0.299. The molecule has 0 unspecified atom stereocenters. The maximum atomic E-state index is 12.6. The van der Waals surface area contributed by atoms with E-state index in [1.165, 1.54) is 0 Å². The number of nitrogens with one attached hydrogen (secondary N) is 1. The lowest BCUT2D eigenvalue weighted by molar-refractivity contribution is -0.127. The molecule has 2 aromatic rings. The molecule has 2 aromatic carbocycles. The molecule has 0 bridgehead atoms. The van der Waals surface area contributed by atoms with Crippen molar-refractivity contribution in [2.24, 2.45) is 0 Å². The Labute approximate surface area is 165 Å². The van der Waals surface area contributed by atoms with E-state index in [2.05, 4.69) is 5.32 Å². The number of ether oxygens (including phenoxy) is 2. The molecule has 0 saturated carbocycles. The predicted octanol–water partition coefficient (Wildman–Crippen LogP) is 3.40. The maximum Gasteiger partial charge on any atom is 0.294 e. The monoisotopic (exact) mass is 396 g/mol. The number of hydrogen-bond acceptors (Lipinski definition) is 6. The number of carbonyl (C=O) groups excluding carboxylic acids is 3. The second-order valence-corrected chi connectivity index (χ2v) is 7.29. The van der Waals surface area contributed by atoms with Gasteiger partial charge in [0.25, 0.3) is 11.1 Å². The fourth-order valence-corrected chi connectivity index (χ4v) is 3.70. The van der Waals surface area contributed by atoms with Gasteiger partial charge in [-0.05, 0) is 60.2 Å². The van der Waals surface area contributed by atoms with E-state index in [4.69, 9.17) is 9.47 Å². The highest BCUT2D eigenvalue weighted by molar-refractivity contribution is 8.18. The Morgan fingerprint density at radius 2 is 2.00 bits per heavy atom. The summed E-state index contributed by atoms with van der Waals surface area (Å²) in [5.41, 5.74) is 2.32. The van der Waals surface area contributed by atoms with Crippen LogP contribution < -0.4 is 14.8 Å². The number of hydrogen-bond donors (Lipinski definition) is 1. The zero-order valence-electron chi connectivity index (χ0n) is 14.9. The fourth-order valence-electron chi connectivity index (χ4n) is 2.86. The lowest BCUT2D eigenvalue weighted by atomic mass is 10.2. The summed E-state index contributed by atoms with van der Waals surface area (Å²) in [6.07, 6.45) is 1.60. The van der Waals surface area contributed by atoms with Crippen molar-refractivity contribution in [1.29, 1.82) is 0 Å². The number of rotatable bonds is 4. The summed E-state index contributed by atoms with van der Waals surface area (Å²) < 4.78 is 10.6. The van der Waals surface area contributed by atoms with Crippen LogP contribution in [0.3, 0.4) is 0 Å². The minimum Gasteiger partial charge on any atom is -0.454 e. The maximum absolute atomic E-state index is 12.6. The van der Waals surface area contributed by atoms with Crippen LogP contribution in [0.25, 0.3) is 6.08 Å². The average Bonchev–Trinajstić information content (AvgIpc) is 3.21. The topological polar surface area (TPSA) is 84.9 Å². The SMILES string of the molecule is Cc1cccc(NC(=O)CN2C(=O)S/C(=C/c3ccc4c(c3)OCO4)C2=O)c1. The van der Waals surface area contributed by atoms with Crippen LogP contribution in [0, 0.1) is 6.92 Å². The van der Waals surface area contributed by atoms with Crippen molar-refractivity contribution >= 4 is 40.6 Å². The number of amides is 3. The summed E-state index contributed by atoms with van der Waals surface area (Å²) in [6, 6.07) is 12.5. The Bertz CT molecular complexity index is 1020. The smallest absolute Gasteiger partial charge is 0.294 e. The van der Waals surface area contributed by atoms with Gasteiger partial charge >= 0.3 is 0 Å². The molecule has 0 aromatic heterocycles. The van der Waals surface area contributed by atoms with Crippen LogP contribution in [0.4, 0.5) is 10.5 Å². The van der Waals surface area contributed by atoms with E-state index >= 15 is 0 Å². The van der Waals surface area contributed by atoms with E-state index in [-0.39, 0.29) is 18.2 Å². The second-order valence-electron chi connectivity index (χ2n) is 6.30. The Balaban J connectivity index is 1.45. The molecule has 0 atom stereocenters. The predicted molar refractivity (Wildman–Crippen MR) is 105 cm³/mol. The van der Waals surface area contributed by atoms with Crippen molar-refractivity contribution in [3.8, 4) is 11.5 Å². The van der Waals surface area contributed by atoms with E-state index < -0.39 is 17.1 Å². The van der Waals surface area contributed by atoms with Crippen molar-refractivity contribution < 1.29 is 23.9 Å². The van der Waals surface area contributed by atoms with Gasteiger partial charge in [-0.2, -0.15) is 0 Å². The van der Waals surface area contributed by atoms with Gasteiger partial charge < -0.3 is 14.8 Å². The number of fused-ring (bicyclic) bond motifs is 1. The Hall–Kier alpha value is -3.26. The van der Waals surface area contributed by atoms with Crippen LogP contribution in [-0.4, -0.2) is 35.3 Å². The molecule has 2 heterocycles. The largest absolute Gasteiger partial charge is 0.454 e. The van der Waals surface area contributed by atoms with Crippen molar-refractivity contribution in [2.75, 3.05) is 18.7 Å². The Morgan fingerprint density at radius 3 is 2.82 bits per heavy atom. The minimum absolute atomic E-state index is 0.158. The van der Waals surface area contributed by atoms with Crippen molar-refractivity contribution in [3.63, 3.8) is 0 Å². The first kappa shape index (κ1) is 18.1. The third kappa shape index (κ3) is 3.72. The summed E-state index contributed by atoms with van der Waals surface area (Å²) in [5, 5.41) is 2.22. The van der Waals surface area contributed by atoms with Gasteiger partial charge in [-0.15, -0.1) is 0 Å². The number of carbonyl (C=O) groups is 3. The highest BCUT2D eigenvalue weighted by Gasteiger charge is 2.36. The minimum atomic E-state index is -0.493. The Kier molecular flexibility index (Phi) is 4.79. The normalized spacial score (nSPS) is 16.8. The van der Waals surface area contributed by atoms with Crippen molar-refractivity contribution in [3.05, 3.63) is 58.5 Å². The number of thioether (sulfide) groups is 1. The van der Waals surface area contributed by atoms with Crippen LogP contribution in [0.1, 0.15) is 11.1 Å². The fraction of sp³-hybridized carbons (Fsp3) is 0.150. The van der Waals surface area contributed by atoms with E-state index in [1.54, 1.807) is 30.3 Å². The number of benzene rings is 2. The molecular weight excluding hydrogens is 380 g/mol. The van der Waals surface area contributed by atoms with Crippen LogP contribution in [-0.2, 0) is 9.59 Å². The number of nitrogens with zero attached hydrogens (tertiary/aromatic N) is 1. The summed E-state index contributed by atoms with van der Waals surface area (Å²) in [4.78, 5) is 38.2. The van der Waals surface area contributed by atoms with Gasteiger partial charge in [0.1, 0.15) is 6.54 Å². The van der Waals surface area contributed by atoms with E-state index in [9.17, 15) is 14.4 Å². The lowest BCUT2D eigenvalue weighted by Gasteiger charge is -2.12. The molecule has 0 aliphatic carbocycles. The van der Waals surface area contributed by atoms with Crippen LogP contribution >= 0.6 is 11.8 Å². The van der Waals surface area contributed by atoms with Gasteiger partial charge in [0.2, 0.25) is 12.7 Å². The molecule has 0 radical (unpaired) electrons. The van der Waals surface area contributed by atoms with Gasteiger partial charge in [0.15, 0.2) is 11.5 Å². The molecule has 1 N–H and O–H groups in total. The van der Waals surface area contributed by atoms with E-state index in [0.29, 0.717) is 22.7 Å². The zero-order chi connectivity index (χ0) is 19.7. The average molecular weight is 396 g/mol. The summed E-state index contributed by atoms with van der Waals surface area (Å²) >= 11 is 0.807. The number of aryl methyl sites for hydroxylation is 1. The second kappa shape index (κ2) is 7.40. The van der Waals surface area contributed by atoms with Crippen molar-refractivity contribution in [1.82, 2.24) is 4.90 Å². The number of imide groups is 1. The van der Waals surface area contributed by atoms with E-state index in [1.807, 2.05) is 25.1 Å². The first-order valence-corrected chi connectivity index (χ1v) is 9.33. The summed E-state index contributed by atoms with van der Waals surface area (Å²) in [6.45, 7) is 1.73. The third-order valence-corrected chi connectivity index (χ3v) is 5.08. The molecular formula is C20H16N2O5S. The van der Waals surface area contributed by atoms with Gasteiger partial charge in [-0.1, -0.05) is 18.2 Å². The molecule has 8 heteroatoms. The highest BCUT2D eigenvalue weighted by atomic mass is 32.2. The lowest BCUT2D eigenvalue weighted by Crippen LogP contribution is -2.36. The van der Waals surface area contributed by atoms with Crippen molar-refractivity contribution in [2.45, 2.75) is 6.92 Å². The van der Waals surface area contributed by atoms with Gasteiger partial charge in [0, 0.05) is 5.69 Å². The highest BCUT2D eigenvalue weighted by Crippen LogP contribution is 2.36. The molecule has 4 rings (SSSR count). The summed E-state index contributed by atoms with van der Waals surface area (Å²) in [7, 11) is 0. The van der Waals surface area contributed by atoms with Crippen LogP contribution in [0.5, 0.6) is 11.5 Å². The first-order valence-electron chi connectivity index (χ1n) is 8.51. The molecule has 0 spiro atoms. The zero-order valence-corrected chi connectivity index (χ0v) is 15.7. The quantitative estimate of drug-likeness (QED) is 0.798. The molecule has 1 fully saturated rings. The molecule has 2 aliphatic heterocycles. The van der Waals surface area contributed by atoms with Gasteiger partial charge in [-0.3, -0.25) is 19.3 Å². The molecule has 142 valence electrons. The molecule has 2 aliphatic rings. The molecule has 28 heavy (non-hydrogen) atoms. The molecule has 3 amide bonds. The Morgan fingerprint density at radius 1 is 1.18 bits per heavy atom. The molecule has 1 saturated heterocycles. The van der Waals surface area contributed by atoms with Gasteiger partial charge in [-0.25, -0.2) is 0 Å². The number of anilines is 1. The third-order valence-electron chi connectivity index (χ3n) is 4.17. The first-order chi connectivity index (χ1) is 13.5. The standard InChI is InChI=1S/C20H16N2O5S/c1-12-3-2-4-14(7-12)21-18(23)10-22-19(24)17(28-20(22)25)9-13-5-6-15-16(8-13)27-11-26-15/h2-9H,10-11H2,1H3,(H,21,23)/b17-9+. The van der Waals surface area contributed by atoms with Gasteiger partial charge in [0.05, 0.1) is 4.91 Å². The van der Waals surface area contributed by atoms with Crippen LogP contribution in [0.2, 0.25) is 0 Å². The van der Waals surface area contributed by atoms with E-state index in [0.717, 1.165) is 22.2 Å².